The summed E-state index contributed by atoms with van der Waals surface area (Å²) < 4.78 is 0. The molecule has 0 spiro atoms. The molecule has 6 nitrogen and oxygen atoms in total. The molecule has 0 radical (unpaired) electrons. The monoisotopic (exact) mass is 332 g/mol. The third-order valence-electron chi connectivity index (χ3n) is 4.23. The highest BCUT2D eigenvalue weighted by atomic mass is 35.5. The zero-order chi connectivity index (χ0) is 15.5. The topological polar surface area (TPSA) is 78.7 Å². The molecular formula is C15H29ClN4O2. The number of hydrogen-bond acceptors (Lipinski definition) is 3. The van der Waals surface area contributed by atoms with E-state index in [9.17, 15) is 9.59 Å². The minimum Gasteiger partial charge on any atom is -0.354 e. The van der Waals surface area contributed by atoms with Crippen LogP contribution in [0, 0.1) is 5.92 Å². The minimum absolute atomic E-state index is 0. The van der Waals surface area contributed by atoms with Crippen LogP contribution in [0.2, 0.25) is 0 Å². The first-order chi connectivity index (χ1) is 9.87. The van der Waals surface area contributed by atoms with Crippen LogP contribution in [-0.2, 0) is 4.79 Å². The molecule has 0 unspecified atom stereocenters. The van der Waals surface area contributed by atoms with Crippen LogP contribution in [0.3, 0.4) is 0 Å². The molecule has 2 heterocycles. The van der Waals surface area contributed by atoms with Gasteiger partial charge in [-0.1, -0.05) is 0 Å². The Morgan fingerprint density at radius 3 is 2.09 bits per heavy atom. The van der Waals surface area contributed by atoms with E-state index in [4.69, 9.17) is 5.73 Å². The van der Waals surface area contributed by atoms with E-state index in [1.54, 1.807) is 0 Å². The molecule has 0 saturated carbocycles. The van der Waals surface area contributed by atoms with Crippen LogP contribution in [-0.4, -0.2) is 60.0 Å². The number of urea groups is 1. The minimum atomic E-state index is -0.387. The molecule has 7 heteroatoms. The second-order valence-corrected chi connectivity index (χ2v) is 6.94. The number of rotatable bonds is 3. The molecule has 128 valence electrons. The molecule has 22 heavy (non-hydrogen) atoms. The Bertz CT molecular complexity index is 383. The summed E-state index contributed by atoms with van der Waals surface area (Å²) >= 11 is 0. The van der Waals surface area contributed by atoms with Gasteiger partial charge in [-0.2, -0.15) is 0 Å². The second kappa shape index (κ2) is 8.02. The van der Waals surface area contributed by atoms with Crippen molar-refractivity contribution in [2.24, 2.45) is 11.7 Å². The summed E-state index contributed by atoms with van der Waals surface area (Å²) in [6.07, 6.45) is 3.71. The van der Waals surface area contributed by atoms with Crippen LogP contribution >= 0.6 is 12.4 Å². The number of piperidine rings is 1. The van der Waals surface area contributed by atoms with Gasteiger partial charge < -0.3 is 20.9 Å². The van der Waals surface area contributed by atoms with Gasteiger partial charge in [-0.3, -0.25) is 4.79 Å². The fourth-order valence-electron chi connectivity index (χ4n) is 2.90. The highest BCUT2D eigenvalue weighted by Gasteiger charge is 2.30. The third-order valence-corrected chi connectivity index (χ3v) is 4.23. The highest BCUT2D eigenvalue weighted by molar-refractivity contribution is 5.85. The van der Waals surface area contributed by atoms with E-state index < -0.39 is 0 Å². The number of carbonyl (C=O) groups is 2. The molecule has 0 atom stereocenters. The first kappa shape index (κ1) is 19.0. The molecule has 0 aromatic rings. The normalized spacial score (nSPS) is 19.8. The molecule has 0 bridgehead atoms. The van der Waals surface area contributed by atoms with Crippen molar-refractivity contribution >= 4 is 24.3 Å². The van der Waals surface area contributed by atoms with Crippen LogP contribution in [0.1, 0.15) is 39.5 Å². The molecule has 2 rings (SSSR count). The van der Waals surface area contributed by atoms with Crippen molar-refractivity contribution in [1.82, 2.24) is 15.1 Å². The Morgan fingerprint density at radius 2 is 1.59 bits per heavy atom. The maximum atomic E-state index is 12.3. The van der Waals surface area contributed by atoms with Gasteiger partial charge in [0.05, 0.1) is 0 Å². The van der Waals surface area contributed by atoms with Gasteiger partial charge in [0.2, 0.25) is 5.91 Å². The summed E-state index contributed by atoms with van der Waals surface area (Å²) in [6, 6.07) is 0.148. The first-order valence-corrected chi connectivity index (χ1v) is 7.97. The van der Waals surface area contributed by atoms with Crippen LogP contribution < -0.4 is 11.1 Å². The van der Waals surface area contributed by atoms with Crippen LogP contribution in [0.25, 0.3) is 0 Å². The van der Waals surface area contributed by atoms with Gasteiger partial charge in [0.15, 0.2) is 0 Å². The molecule has 0 aromatic carbocycles. The quantitative estimate of drug-likeness (QED) is 0.814. The summed E-state index contributed by atoms with van der Waals surface area (Å²) in [4.78, 5) is 28.2. The van der Waals surface area contributed by atoms with Crippen molar-refractivity contribution in [3.63, 3.8) is 0 Å². The van der Waals surface area contributed by atoms with Gasteiger partial charge in [0, 0.05) is 44.2 Å². The van der Waals surface area contributed by atoms with Crippen LogP contribution in [0.4, 0.5) is 4.79 Å². The predicted octanol–water partition coefficient (Wildman–Crippen LogP) is 1.19. The zero-order valence-corrected chi connectivity index (χ0v) is 14.5. The van der Waals surface area contributed by atoms with Gasteiger partial charge in [0.1, 0.15) is 0 Å². The third kappa shape index (κ3) is 5.32. The van der Waals surface area contributed by atoms with Crippen molar-refractivity contribution in [2.45, 2.75) is 45.1 Å². The lowest BCUT2D eigenvalue weighted by molar-refractivity contribution is -0.126. The van der Waals surface area contributed by atoms with Gasteiger partial charge in [-0.05, 0) is 39.5 Å². The van der Waals surface area contributed by atoms with Gasteiger partial charge >= 0.3 is 6.03 Å². The maximum Gasteiger partial charge on any atom is 0.319 e. The smallest absolute Gasteiger partial charge is 0.319 e. The molecular weight excluding hydrogens is 304 g/mol. The molecule has 2 fully saturated rings. The highest BCUT2D eigenvalue weighted by Crippen LogP contribution is 2.20. The molecule has 2 aliphatic rings. The molecule has 2 saturated heterocycles. The van der Waals surface area contributed by atoms with E-state index in [-0.39, 0.29) is 35.8 Å². The Morgan fingerprint density at radius 1 is 1.09 bits per heavy atom. The number of halogens is 1. The van der Waals surface area contributed by atoms with Crippen LogP contribution in [0.5, 0.6) is 0 Å². The van der Waals surface area contributed by atoms with Crippen LogP contribution in [0.15, 0.2) is 0 Å². The van der Waals surface area contributed by atoms with Gasteiger partial charge in [0.25, 0.3) is 0 Å². The van der Waals surface area contributed by atoms with Crippen molar-refractivity contribution in [3.05, 3.63) is 0 Å². The summed E-state index contributed by atoms with van der Waals surface area (Å²) in [7, 11) is 0. The average Bonchev–Trinajstić information content (AvgIpc) is 2.97. The average molecular weight is 333 g/mol. The van der Waals surface area contributed by atoms with E-state index in [0.717, 1.165) is 38.8 Å². The largest absolute Gasteiger partial charge is 0.354 e. The van der Waals surface area contributed by atoms with E-state index in [0.29, 0.717) is 19.6 Å². The predicted molar refractivity (Wildman–Crippen MR) is 89.0 cm³/mol. The maximum absolute atomic E-state index is 12.3. The molecule has 2 aliphatic heterocycles. The Hall–Kier alpha value is -1.01. The lowest BCUT2D eigenvalue weighted by Gasteiger charge is -2.34. The number of nitrogens with one attached hydrogen (secondary N) is 1. The SMILES string of the molecule is CC(C)(N)CNC(=O)C1CCN(C(=O)N2CCCC2)CC1.Cl. The number of likely N-dealkylation sites (tertiary alicyclic amines) is 2. The Labute approximate surface area is 139 Å². The number of carbonyl (C=O) groups excluding carboxylic acids is 2. The van der Waals surface area contributed by atoms with Gasteiger partial charge in [-0.15, -0.1) is 12.4 Å². The van der Waals surface area contributed by atoms with Crippen molar-refractivity contribution in [3.8, 4) is 0 Å². The number of nitrogens with two attached hydrogens (primary N) is 1. The van der Waals surface area contributed by atoms with Gasteiger partial charge in [-0.25, -0.2) is 4.79 Å². The molecule has 0 aliphatic carbocycles. The fourth-order valence-corrected chi connectivity index (χ4v) is 2.90. The van der Waals surface area contributed by atoms with E-state index in [2.05, 4.69) is 5.32 Å². The molecule has 0 aromatic heterocycles. The summed E-state index contributed by atoms with van der Waals surface area (Å²) in [6.45, 7) is 7.39. The number of hydrogen-bond donors (Lipinski definition) is 2. The summed E-state index contributed by atoms with van der Waals surface area (Å²) in [5.74, 6) is 0.0803. The first-order valence-electron chi connectivity index (χ1n) is 7.97. The summed E-state index contributed by atoms with van der Waals surface area (Å²) in [5.41, 5.74) is 5.48. The van der Waals surface area contributed by atoms with E-state index in [1.807, 2.05) is 23.6 Å². The number of amides is 3. The van der Waals surface area contributed by atoms with Crippen molar-refractivity contribution in [2.75, 3.05) is 32.7 Å². The molecule has 3 N–H and O–H groups in total. The Kier molecular flexibility index (Phi) is 6.94. The van der Waals surface area contributed by atoms with Crippen molar-refractivity contribution < 1.29 is 9.59 Å². The number of nitrogens with zero attached hydrogens (tertiary/aromatic N) is 2. The Balaban J connectivity index is 0.00000242. The lowest BCUT2D eigenvalue weighted by atomic mass is 9.95. The van der Waals surface area contributed by atoms with E-state index in [1.165, 1.54) is 0 Å². The summed E-state index contributed by atoms with van der Waals surface area (Å²) in [5, 5.41) is 2.91. The standard InChI is InChI=1S/C15H28N4O2.ClH/c1-15(2,16)11-17-13(20)12-5-9-19(10-6-12)14(21)18-7-3-4-8-18;/h12H,3-11,16H2,1-2H3,(H,17,20);1H. The zero-order valence-electron chi connectivity index (χ0n) is 13.6. The fraction of sp³-hybridized carbons (Fsp3) is 0.867. The van der Waals surface area contributed by atoms with Crippen molar-refractivity contribution in [1.29, 1.82) is 0 Å². The van der Waals surface area contributed by atoms with E-state index >= 15 is 0 Å². The molecule has 3 amide bonds. The second-order valence-electron chi connectivity index (χ2n) is 6.94. The lowest BCUT2D eigenvalue weighted by Crippen LogP contribution is -2.50.